The van der Waals surface area contributed by atoms with Crippen molar-refractivity contribution in [2.45, 2.75) is 6.42 Å². The van der Waals surface area contributed by atoms with Gasteiger partial charge in [-0.1, -0.05) is 60.7 Å². The van der Waals surface area contributed by atoms with E-state index in [1.54, 1.807) is 0 Å². The van der Waals surface area contributed by atoms with E-state index in [2.05, 4.69) is 32.3 Å². The van der Waals surface area contributed by atoms with Gasteiger partial charge in [-0.05, 0) is 11.1 Å². The van der Waals surface area contributed by atoms with Crippen molar-refractivity contribution in [2.75, 3.05) is 39.6 Å². The van der Waals surface area contributed by atoms with Gasteiger partial charge in [-0.2, -0.15) is 5.10 Å². The molecule has 6 nitrogen and oxygen atoms in total. The van der Waals surface area contributed by atoms with Crippen LogP contribution in [0.3, 0.4) is 0 Å². The third kappa shape index (κ3) is 3.35. The standard InChI is InChI=1S/C22H25N5O/c28-20(11-18-7-3-1-4-8-18)23-24-21(19-9-5-2-6-10-19)22-12-25-15-26(13-22)17-27(14-22)16-25/h1-10H,11-17H2,(H,23,28). The Morgan fingerprint density at radius 2 is 1.39 bits per heavy atom. The lowest BCUT2D eigenvalue weighted by atomic mass is 9.74. The van der Waals surface area contributed by atoms with Gasteiger partial charge in [-0.15, -0.1) is 0 Å². The summed E-state index contributed by atoms with van der Waals surface area (Å²) in [5.74, 6) is -0.0784. The Hall–Kier alpha value is -2.54. The molecule has 4 saturated heterocycles. The molecule has 1 N–H and O–H groups in total. The van der Waals surface area contributed by atoms with Gasteiger partial charge in [-0.3, -0.25) is 19.5 Å². The molecule has 0 saturated carbocycles. The molecule has 4 aliphatic heterocycles. The Morgan fingerprint density at radius 1 is 0.857 bits per heavy atom. The average Bonchev–Trinajstić information content (AvgIpc) is 2.68. The molecule has 4 fully saturated rings. The van der Waals surface area contributed by atoms with Gasteiger partial charge in [0.1, 0.15) is 0 Å². The number of nitrogens with zero attached hydrogens (tertiary/aromatic N) is 4. The number of amides is 1. The monoisotopic (exact) mass is 375 g/mol. The molecule has 28 heavy (non-hydrogen) atoms. The van der Waals surface area contributed by atoms with Gasteiger partial charge in [0.05, 0.1) is 37.6 Å². The van der Waals surface area contributed by atoms with Crippen molar-refractivity contribution in [1.29, 1.82) is 0 Å². The number of benzene rings is 2. The minimum absolute atomic E-state index is 0.0733. The lowest BCUT2D eigenvalue weighted by Crippen LogP contribution is -2.74. The summed E-state index contributed by atoms with van der Waals surface area (Å²) < 4.78 is 0. The summed E-state index contributed by atoms with van der Waals surface area (Å²) >= 11 is 0. The molecule has 6 rings (SSSR count). The quantitative estimate of drug-likeness (QED) is 0.637. The van der Waals surface area contributed by atoms with Crippen molar-refractivity contribution in [3.8, 4) is 0 Å². The molecule has 0 spiro atoms. The van der Waals surface area contributed by atoms with Crippen LogP contribution in [-0.2, 0) is 11.2 Å². The molecule has 4 heterocycles. The van der Waals surface area contributed by atoms with Crippen LogP contribution in [0.25, 0.3) is 0 Å². The first kappa shape index (κ1) is 17.6. The first-order chi connectivity index (χ1) is 13.7. The lowest BCUT2D eigenvalue weighted by molar-refractivity contribution is -0.149. The van der Waals surface area contributed by atoms with Gasteiger partial charge < -0.3 is 0 Å². The Labute approximate surface area is 165 Å². The lowest BCUT2D eigenvalue weighted by Gasteiger charge is -2.60. The van der Waals surface area contributed by atoms with Gasteiger partial charge in [-0.25, -0.2) is 5.43 Å². The summed E-state index contributed by atoms with van der Waals surface area (Å²) in [6, 6.07) is 20.1. The molecule has 0 radical (unpaired) electrons. The maximum absolute atomic E-state index is 12.5. The third-order valence-electron chi connectivity index (χ3n) is 5.83. The Bertz CT molecular complexity index is 845. The molecule has 0 unspecified atom stereocenters. The fourth-order valence-corrected chi connectivity index (χ4v) is 4.97. The molecule has 144 valence electrons. The summed E-state index contributed by atoms with van der Waals surface area (Å²) in [6.45, 7) is 6.05. The molecule has 4 bridgehead atoms. The fourth-order valence-electron chi connectivity index (χ4n) is 4.97. The van der Waals surface area contributed by atoms with Crippen LogP contribution in [0.1, 0.15) is 11.1 Å². The van der Waals surface area contributed by atoms with E-state index < -0.39 is 0 Å². The summed E-state index contributed by atoms with van der Waals surface area (Å²) in [5, 5.41) is 4.72. The molecule has 4 aliphatic rings. The van der Waals surface area contributed by atoms with E-state index in [0.717, 1.165) is 56.5 Å². The zero-order chi connectivity index (χ0) is 19.0. The summed E-state index contributed by atoms with van der Waals surface area (Å²) in [7, 11) is 0. The first-order valence-corrected chi connectivity index (χ1v) is 9.84. The molecular formula is C22H25N5O. The molecular weight excluding hydrogens is 350 g/mol. The highest BCUT2D eigenvalue weighted by molar-refractivity contribution is 6.06. The molecule has 6 heteroatoms. The largest absolute Gasteiger partial charge is 0.276 e. The molecule has 2 aromatic rings. The van der Waals surface area contributed by atoms with Gasteiger partial charge in [0.2, 0.25) is 5.91 Å². The van der Waals surface area contributed by atoms with Crippen molar-refractivity contribution >= 4 is 11.6 Å². The highest BCUT2D eigenvalue weighted by Gasteiger charge is 2.51. The van der Waals surface area contributed by atoms with Crippen LogP contribution in [0.15, 0.2) is 65.8 Å². The summed E-state index contributed by atoms with van der Waals surface area (Å²) in [4.78, 5) is 19.9. The molecule has 2 aromatic carbocycles. The highest BCUT2D eigenvalue weighted by atomic mass is 16.2. The van der Waals surface area contributed by atoms with Crippen LogP contribution in [0.2, 0.25) is 0 Å². The molecule has 1 amide bonds. The number of hydrazone groups is 1. The van der Waals surface area contributed by atoms with Gasteiger partial charge in [0.15, 0.2) is 0 Å². The van der Waals surface area contributed by atoms with E-state index in [1.807, 2.05) is 48.5 Å². The van der Waals surface area contributed by atoms with Crippen molar-refractivity contribution < 1.29 is 4.79 Å². The van der Waals surface area contributed by atoms with Crippen LogP contribution in [0.5, 0.6) is 0 Å². The van der Waals surface area contributed by atoms with E-state index in [1.165, 1.54) is 0 Å². The third-order valence-corrected chi connectivity index (χ3v) is 5.83. The number of carbonyl (C=O) groups is 1. The average molecular weight is 375 g/mol. The predicted molar refractivity (Wildman–Crippen MR) is 108 cm³/mol. The van der Waals surface area contributed by atoms with Crippen molar-refractivity contribution in [3.63, 3.8) is 0 Å². The predicted octanol–water partition coefficient (Wildman–Crippen LogP) is 1.56. The van der Waals surface area contributed by atoms with Crippen LogP contribution < -0.4 is 5.43 Å². The van der Waals surface area contributed by atoms with E-state index in [-0.39, 0.29) is 11.3 Å². The minimum Gasteiger partial charge on any atom is -0.276 e. The van der Waals surface area contributed by atoms with Crippen molar-refractivity contribution in [3.05, 3.63) is 71.8 Å². The second kappa shape index (κ2) is 7.13. The maximum Gasteiger partial charge on any atom is 0.244 e. The van der Waals surface area contributed by atoms with Crippen LogP contribution in [-0.4, -0.2) is 66.0 Å². The minimum atomic E-state index is -0.0784. The zero-order valence-corrected chi connectivity index (χ0v) is 15.9. The van der Waals surface area contributed by atoms with Gasteiger partial charge in [0, 0.05) is 19.6 Å². The fraction of sp³-hybridized carbons (Fsp3) is 0.364. The van der Waals surface area contributed by atoms with Crippen molar-refractivity contribution in [2.24, 2.45) is 10.5 Å². The Kier molecular flexibility index (Phi) is 4.47. The Balaban J connectivity index is 1.43. The zero-order valence-electron chi connectivity index (χ0n) is 15.9. The molecule has 0 atom stereocenters. The van der Waals surface area contributed by atoms with Crippen molar-refractivity contribution in [1.82, 2.24) is 20.1 Å². The van der Waals surface area contributed by atoms with E-state index >= 15 is 0 Å². The van der Waals surface area contributed by atoms with Crippen LogP contribution >= 0.6 is 0 Å². The number of nitrogens with one attached hydrogen (secondary N) is 1. The second-order valence-corrected chi connectivity index (χ2v) is 8.22. The maximum atomic E-state index is 12.5. The van der Waals surface area contributed by atoms with E-state index in [4.69, 9.17) is 5.10 Å². The number of rotatable bonds is 5. The molecule has 0 aliphatic carbocycles. The summed E-state index contributed by atoms with van der Waals surface area (Å²) in [5.41, 5.74) is 5.85. The highest BCUT2D eigenvalue weighted by Crippen LogP contribution is 2.38. The van der Waals surface area contributed by atoms with E-state index in [0.29, 0.717) is 6.42 Å². The summed E-state index contributed by atoms with van der Waals surface area (Å²) in [6.07, 6.45) is 0.337. The SMILES string of the molecule is O=C(Cc1ccccc1)NN=C(c1ccccc1)C12CN3CN(CN(C3)C1)C2. The Morgan fingerprint density at radius 3 is 1.96 bits per heavy atom. The van der Waals surface area contributed by atoms with Gasteiger partial charge >= 0.3 is 0 Å². The number of hydrogen-bond donors (Lipinski definition) is 1. The van der Waals surface area contributed by atoms with Gasteiger partial charge in [0.25, 0.3) is 0 Å². The second-order valence-electron chi connectivity index (χ2n) is 8.22. The molecule has 0 aromatic heterocycles. The first-order valence-electron chi connectivity index (χ1n) is 9.84. The van der Waals surface area contributed by atoms with Crippen LogP contribution in [0.4, 0.5) is 0 Å². The number of hydrogen-bond acceptors (Lipinski definition) is 5. The smallest absolute Gasteiger partial charge is 0.244 e. The number of carbonyl (C=O) groups excluding carboxylic acids is 1. The van der Waals surface area contributed by atoms with E-state index in [9.17, 15) is 4.79 Å². The van der Waals surface area contributed by atoms with Crippen LogP contribution in [0, 0.1) is 5.41 Å². The topological polar surface area (TPSA) is 51.2 Å². The normalized spacial score (nSPS) is 31.0.